The van der Waals surface area contributed by atoms with Crippen LogP contribution in [-0.2, 0) is 23.9 Å². The van der Waals surface area contributed by atoms with E-state index in [1.807, 2.05) is 0 Å². The van der Waals surface area contributed by atoms with Gasteiger partial charge in [0.1, 0.15) is 0 Å². The van der Waals surface area contributed by atoms with E-state index >= 15 is 0 Å². The van der Waals surface area contributed by atoms with Gasteiger partial charge in [0, 0.05) is 12.2 Å². The minimum Gasteiger partial charge on any atom is -0.462 e. The van der Waals surface area contributed by atoms with Crippen molar-refractivity contribution in [2.75, 3.05) is 6.61 Å². The van der Waals surface area contributed by atoms with Gasteiger partial charge in [-0.3, -0.25) is 4.79 Å². The lowest BCUT2D eigenvalue weighted by Gasteiger charge is -2.04. The van der Waals surface area contributed by atoms with Gasteiger partial charge < -0.3 is 15.2 Å². The van der Waals surface area contributed by atoms with Crippen molar-refractivity contribution in [2.45, 2.75) is 6.92 Å². The molecule has 0 rings (SSSR count). The molecule has 0 aliphatic carbocycles. The molecule has 0 aromatic carbocycles. The minimum absolute atomic E-state index is 0.155. The van der Waals surface area contributed by atoms with Crippen molar-refractivity contribution >= 4 is 17.8 Å². The van der Waals surface area contributed by atoms with Gasteiger partial charge in [-0.25, -0.2) is 9.59 Å². The molecule has 92 valence electrons. The van der Waals surface area contributed by atoms with E-state index in [1.54, 1.807) is 6.92 Å². The zero-order valence-corrected chi connectivity index (χ0v) is 9.39. The molecule has 6 heteroatoms. The molecule has 17 heavy (non-hydrogen) atoms. The summed E-state index contributed by atoms with van der Waals surface area (Å²) in [6.07, 6.45) is 1.78. The predicted molar refractivity (Wildman–Crippen MR) is 59.3 cm³/mol. The van der Waals surface area contributed by atoms with Crippen molar-refractivity contribution in [3.63, 3.8) is 0 Å². The van der Waals surface area contributed by atoms with E-state index in [0.717, 1.165) is 12.2 Å². The first-order valence-electron chi connectivity index (χ1n) is 4.64. The van der Waals surface area contributed by atoms with E-state index in [4.69, 9.17) is 5.73 Å². The zero-order valence-electron chi connectivity index (χ0n) is 9.39. The maximum absolute atomic E-state index is 11.2. The predicted octanol–water partition coefficient (Wildman–Crippen LogP) is 0.204. The summed E-state index contributed by atoms with van der Waals surface area (Å²) in [6.45, 7) is 8.27. The van der Waals surface area contributed by atoms with Crippen molar-refractivity contribution in [2.24, 2.45) is 5.73 Å². The van der Waals surface area contributed by atoms with Crippen LogP contribution in [0.2, 0.25) is 0 Å². The summed E-state index contributed by atoms with van der Waals surface area (Å²) in [4.78, 5) is 33.0. The fraction of sp³-hybridized carbons (Fsp3) is 0.182. The third kappa shape index (κ3) is 5.31. The van der Waals surface area contributed by atoms with Gasteiger partial charge in [-0.1, -0.05) is 13.2 Å². The Balaban J connectivity index is 4.87. The standard InChI is InChI=1S/C11H13NO5/c1-4-9(13)17-8(10(12)14)6-7(3)11(15)16-5-2/h4,6H,1,3,5H2,2H3,(H2,12,14)/b8-6-. The van der Waals surface area contributed by atoms with Crippen LogP contribution in [0.1, 0.15) is 6.92 Å². The van der Waals surface area contributed by atoms with Crippen LogP contribution >= 0.6 is 0 Å². The van der Waals surface area contributed by atoms with E-state index in [-0.39, 0.29) is 12.2 Å². The van der Waals surface area contributed by atoms with Crippen LogP contribution in [0.5, 0.6) is 0 Å². The molecular weight excluding hydrogens is 226 g/mol. The number of carbonyl (C=O) groups excluding carboxylic acids is 3. The third-order valence-corrected chi connectivity index (χ3v) is 1.46. The van der Waals surface area contributed by atoms with Gasteiger partial charge in [-0.2, -0.15) is 0 Å². The van der Waals surface area contributed by atoms with Crippen LogP contribution in [0, 0.1) is 0 Å². The summed E-state index contributed by atoms with van der Waals surface area (Å²) in [5.41, 5.74) is 4.80. The molecular formula is C11H13NO5. The lowest BCUT2D eigenvalue weighted by atomic mass is 10.2. The highest BCUT2D eigenvalue weighted by Crippen LogP contribution is 2.05. The summed E-state index contributed by atoms with van der Waals surface area (Å²) in [5, 5.41) is 0. The summed E-state index contributed by atoms with van der Waals surface area (Å²) in [5.74, 6) is -3.12. The molecule has 1 amide bonds. The van der Waals surface area contributed by atoms with Crippen molar-refractivity contribution < 1.29 is 23.9 Å². The first-order chi connectivity index (χ1) is 7.92. The second-order valence-electron chi connectivity index (χ2n) is 2.74. The minimum atomic E-state index is -1.01. The molecule has 0 fully saturated rings. The van der Waals surface area contributed by atoms with Gasteiger partial charge in [0.05, 0.1) is 12.2 Å². The van der Waals surface area contributed by atoms with Crippen molar-refractivity contribution in [1.82, 2.24) is 0 Å². The Bertz CT molecular complexity index is 395. The molecule has 0 aromatic rings. The molecule has 0 saturated carbocycles. The number of nitrogens with two attached hydrogens (primary N) is 1. The normalized spacial score (nSPS) is 10.3. The van der Waals surface area contributed by atoms with Gasteiger partial charge in [0.2, 0.25) is 0 Å². The molecule has 0 aliphatic heterocycles. The maximum atomic E-state index is 11.2. The molecule has 0 aliphatic rings. The summed E-state index contributed by atoms with van der Waals surface area (Å²) < 4.78 is 9.14. The highest BCUT2D eigenvalue weighted by Gasteiger charge is 2.14. The average Bonchev–Trinajstić information content (AvgIpc) is 2.27. The van der Waals surface area contributed by atoms with Gasteiger partial charge in [0.25, 0.3) is 5.91 Å². The lowest BCUT2D eigenvalue weighted by Crippen LogP contribution is -2.19. The molecule has 6 nitrogen and oxygen atoms in total. The number of hydrogen-bond donors (Lipinski definition) is 1. The van der Waals surface area contributed by atoms with Crippen molar-refractivity contribution in [1.29, 1.82) is 0 Å². The Morgan fingerprint density at radius 3 is 2.35 bits per heavy atom. The molecule has 0 bridgehead atoms. The smallest absolute Gasteiger partial charge is 0.337 e. The van der Waals surface area contributed by atoms with E-state index in [9.17, 15) is 14.4 Å². The van der Waals surface area contributed by atoms with Crippen LogP contribution in [0.15, 0.2) is 36.6 Å². The Hall–Kier alpha value is -2.37. The first-order valence-corrected chi connectivity index (χ1v) is 4.64. The summed E-state index contributed by atoms with van der Waals surface area (Å²) in [6, 6.07) is 0. The topological polar surface area (TPSA) is 95.7 Å². The highest BCUT2D eigenvalue weighted by atomic mass is 16.5. The van der Waals surface area contributed by atoms with Crippen LogP contribution in [0.25, 0.3) is 0 Å². The highest BCUT2D eigenvalue weighted by molar-refractivity contribution is 5.98. The molecule has 2 N–H and O–H groups in total. The molecule has 0 radical (unpaired) electrons. The Morgan fingerprint density at radius 1 is 1.35 bits per heavy atom. The van der Waals surface area contributed by atoms with E-state index in [2.05, 4.69) is 22.6 Å². The summed E-state index contributed by atoms with van der Waals surface area (Å²) in [7, 11) is 0. The fourth-order valence-corrected chi connectivity index (χ4v) is 0.742. The second kappa shape index (κ2) is 7.00. The lowest BCUT2D eigenvalue weighted by molar-refractivity contribution is -0.139. The maximum Gasteiger partial charge on any atom is 0.337 e. The van der Waals surface area contributed by atoms with Gasteiger partial charge in [0.15, 0.2) is 5.76 Å². The molecule has 0 aromatic heterocycles. The SMILES string of the molecule is C=CC(=O)O/C(=C\C(=C)C(=O)OCC)C(N)=O. The fourth-order valence-electron chi connectivity index (χ4n) is 0.742. The third-order valence-electron chi connectivity index (χ3n) is 1.46. The van der Waals surface area contributed by atoms with Crippen LogP contribution < -0.4 is 5.73 Å². The molecule has 0 saturated heterocycles. The zero-order chi connectivity index (χ0) is 13.4. The summed E-state index contributed by atoms with van der Waals surface area (Å²) >= 11 is 0. The second-order valence-corrected chi connectivity index (χ2v) is 2.74. The van der Waals surface area contributed by atoms with Crippen LogP contribution in [0.4, 0.5) is 0 Å². The number of primary amides is 1. The first kappa shape index (κ1) is 14.6. The van der Waals surface area contributed by atoms with Crippen molar-refractivity contribution in [3.05, 3.63) is 36.6 Å². The van der Waals surface area contributed by atoms with Crippen LogP contribution in [-0.4, -0.2) is 24.5 Å². The van der Waals surface area contributed by atoms with E-state index in [1.165, 1.54) is 0 Å². The van der Waals surface area contributed by atoms with Gasteiger partial charge in [-0.15, -0.1) is 0 Å². The number of esters is 2. The number of carbonyl (C=O) groups is 3. The molecule has 0 atom stereocenters. The molecule has 0 unspecified atom stereocenters. The van der Waals surface area contributed by atoms with Crippen molar-refractivity contribution in [3.8, 4) is 0 Å². The largest absolute Gasteiger partial charge is 0.462 e. The van der Waals surface area contributed by atoms with Crippen LogP contribution in [0.3, 0.4) is 0 Å². The molecule has 0 heterocycles. The Labute approximate surface area is 98.4 Å². The van der Waals surface area contributed by atoms with E-state index in [0.29, 0.717) is 0 Å². The Kier molecular flexibility index (Phi) is 6.02. The van der Waals surface area contributed by atoms with Gasteiger partial charge >= 0.3 is 11.9 Å². The number of amides is 1. The van der Waals surface area contributed by atoms with E-state index < -0.39 is 23.6 Å². The average molecular weight is 239 g/mol. The Morgan fingerprint density at radius 2 is 1.94 bits per heavy atom. The number of hydrogen-bond acceptors (Lipinski definition) is 5. The molecule has 0 spiro atoms. The monoisotopic (exact) mass is 239 g/mol. The quantitative estimate of drug-likeness (QED) is 0.309. The van der Waals surface area contributed by atoms with Gasteiger partial charge in [-0.05, 0) is 6.92 Å². The number of rotatable bonds is 6. The number of ether oxygens (including phenoxy) is 2.